The number of methoxy groups -OCH3 is 1. The summed E-state index contributed by atoms with van der Waals surface area (Å²) in [6.07, 6.45) is 2.54. The minimum Gasteiger partial charge on any atom is -0.467 e. The van der Waals surface area contributed by atoms with Crippen molar-refractivity contribution in [2.24, 2.45) is 0 Å². The van der Waals surface area contributed by atoms with Crippen molar-refractivity contribution < 1.29 is 14.3 Å². The van der Waals surface area contributed by atoms with Gasteiger partial charge in [0.2, 0.25) is 0 Å². The Morgan fingerprint density at radius 2 is 2.13 bits per heavy atom. The summed E-state index contributed by atoms with van der Waals surface area (Å²) in [7, 11) is 1.34. The van der Waals surface area contributed by atoms with E-state index in [0.29, 0.717) is 13.0 Å². The third kappa shape index (κ3) is 2.72. The van der Waals surface area contributed by atoms with Crippen LogP contribution in [0.25, 0.3) is 0 Å². The number of carbonyl (C=O) groups excluding carboxylic acids is 2. The smallest absolute Gasteiger partial charge is 0.328 e. The van der Waals surface area contributed by atoms with Crippen molar-refractivity contribution >= 4 is 11.9 Å². The Bertz CT molecular complexity index is 314. The number of rotatable bonds is 1. The van der Waals surface area contributed by atoms with Gasteiger partial charge >= 0.3 is 5.97 Å². The van der Waals surface area contributed by atoms with Gasteiger partial charge in [0, 0.05) is 6.54 Å². The van der Waals surface area contributed by atoms with E-state index < -0.39 is 6.04 Å². The highest BCUT2D eigenvalue weighted by Gasteiger charge is 2.31. The van der Waals surface area contributed by atoms with Gasteiger partial charge in [-0.25, -0.2) is 4.79 Å². The van der Waals surface area contributed by atoms with Gasteiger partial charge in [0.15, 0.2) is 0 Å². The van der Waals surface area contributed by atoms with Crippen molar-refractivity contribution in [3.05, 3.63) is 0 Å². The van der Waals surface area contributed by atoms with Crippen molar-refractivity contribution in [1.82, 2.24) is 4.90 Å². The van der Waals surface area contributed by atoms with Gasteiger partial charge in [0.25, 0.3) is 5.91 Å². The molecule has 1 aliphatic heterocycles. The Kier molecular flexibility index (Phi) is 4.17. The number of carbonyl (C=O) groups is 2. The molecule has 82 valence electrons. The van der Waals surface area contributed by atoms with E-state index in [9.17, 15) is 9.59 Å². The van der Waals surface area contributed by atoms with Crippen LogP contribution in [-0.4, -0.2) is 36.5 Å². The molecule has 1 saturated heterocycles. The van der Waals surface area contributed by atoms with Crippen molar-refractivity contribution in [3.63, 3.8) is 0 Å². The number of hydrogen-bond acceptors (Lipinski definition) is 3. The van der Waals surface area contributed by atoms with Gasteiger partial charge in [-0.05, 0) is 32.1 Å². The van der Waals surface area contributed by atoms with Gasteiger partial charge < -0.3 is 9.64 Å². The van der Waals surface area contributed by atoms with Crippen LogP contribution in [0.15, 0.2) is 0 Å². The van der Waals surface area contributed by atoms with E-state index in [-0.39, 0.29) is 11.9 Å². The van der Waals surface area contributed by atoms with Crippen molar-refractivity contribution in [1.29, 1.82) is 0 Å². The highest BCUT2D eigenvalue weighted by atomic mass is 16.5. The summed E-state index contributed by atoms with van der Waals surface area (Å²) in [6.45, 7) is 2.20. The molecule has 0 spiro atoms. The normalized spacial score (nSPS) is 20.1. The molecule has 1 rings (SSSR count). The average molecular weight is 209 g/mol. The molecule has 4 heteroatoms. The maximum atomic E-state index is 11.6. The van der Waals surface area contributed by atoms with Crippen LogP contribution in [0.4, 0.5) is 0 Å². The predicted molar refractivity (Wildman–Crippen MR) is 54.8 cm³/mol. The minimum absolute atomic E-state index is 0.285. The van der Waals surface area contributed by atoms with Crippen LogP contribution in [0.5, 0.6) is 0 Å². The molecule has 0 saturated carbocycles. The second-order valence-corrected chi connectivity index (χ2v) is 3.41. The first kappa shape index (κ1) is 11.6. The summed E-state index contributed by atoms with van der Waals surface area (Å²) in [4.78, 5) is 24.5. The largest absolute Gasteiger partial charge is 0.467 e. The molecule has 0 aromatic rings. The molecule has 1 heterocycles. The van der Waals surface area contributed by atoms with Gasteiger partial charge in [-0.3, -0.25) is 4.79 Å². The van der Waals surface area contributed by atoms with Gasteiger partial charge in [-0.1, -0.05) is 5.92 Å². The Hall–Kier alpha value is -1.50. The first-order valence-corrected chi connectivity index (χ1v) is 5.02. The molecule has 0 aromatic heterocycles. The van der Waals surface area contributed by atoms with Crippen LogP contribution < -0.4 is 0 Å². The lowest BCUT2D eigenvalue weighted by Gasteiger charge is -2.32. The predicted octanol–water partition coefficient (Wildman–Crippen LogP) is 0.564. The van der Waals surface area contributed by atoms with Crippen LogP contribution in [0.2, 0.25) is 0 Å². The number of nitrogens with zero attached hydrogens (tertiary/aromatic N) is 1. The Labute approximate surface area is 89.6 Å². The molecule has 0 aromatic carbocycles. The lowest BCUT2D eigenvalue weighted by atomic mass is 10.0. The van der Waals surface area contributed by atoms with Gasteiger partial charge in [0.1, 0.15) is 6.04 Å². The maximum Gasteiger partial charge on any atom is 0.328 e. The molecule has 0 aliphatic carbocycles. The molecule has 0 N–H and O–H groups in total. The minimum atomic E-state index is -0.447. The SMILES string of the molecule is CC#CC(=O)N1CCCC[C@@H]1C(=O)OC. The first-order valence-electron chi connectivity index (χ1n) is 5.02. The Balaban J connectivity index is 2.76. The van der Waals surface area contributed by atoms with Crippen LogP contribution >= 0.6 is 0 Å². The highest BCUT2D eigenvalue weighted by Crippen LogP contribution is 2.17. The Morgan fingerprint density at radius 1 is 1.40 bits per heavy atom. The quantitative estimate of drug-likeness (QED) is 0.468. The molecule has 4 nitrogen and oxygen atoms in total. The summed E-state index contributed by atoms with van der Waals surface area (Å²) in [6, 6.07) is -0.447. The lowest BCUT2D eigenvalue weighted by Crippen LogP contribution is -2.48. The molecule has 1 aliphatic rings. The number of hydrogen-bond donors (Lipinski definition) is 0. The van der Waals surface area contributed by atoms with E-state index in [1.165, 1.54) is 12.0 Å². The zero-order valence-corrected chi connectivity index (χ0v) is 9.08. The molecule has 15 heavy (non-hydrogen) atoms. The number of ether oxygens (including phenoxy) is 1. The summed E-state index contributed by atoms with van der Waals surface area (Å²) in [5.41, 5.74) is 0. The van der Waals surface area contributed by atoms with Crippen LogP contribution in [0.3, 0.4) is 0 Å². The summed E-state index contributed by atoms with van der Waals surface area (Å²) in [5, 5.41) is 0. The van der Waals surface area contributed by atoms with E-state index in [1.54, 1.807) is 6.92 Å². The molecule has 1 amide bonds. The summed E-state index contributed by atoms with van der Waals surface area (Å²) >= 11 is 0. The molecule has 1 fully saturated rings. The van der Waals surface area contributed by atoms with Gasteiger partial charge in [-0.2, -0.15) is 0 Å². The fraction of sp³-hybridized carbons (Fsp3) is 0.636. The second kappa shape index (κ2) is 5.40. The molecule has 1 atom stereocenters. The molecular formula is C11H15NO3. The monoisotopic (exact) mass is 209 g/mol. The lowest BCUT2D eigenvalue weighted by molar-refractivity contribution is -0.152. The molecule has 0 unspecified atom stereocenters. The second-order valence-electron chi connectivity index (χ2n) is 3.41. The fourth-order valence-electron chi connectivity index (χ4n) is 1.73. The number of likely N-dealkylation sites (tertiary alicyclic amines) is 1. The van der Waals surface area contributed by atoms with E-state index in [2.05, 4.69) is 16.6 Å². The topological polar surface area (TPSA) is 46.6 Å². The van der Waals surface area contributed by atoms with Gasteiger partial charge in [0.05, 0.1) is 7.11 Å². The highest BCUT2D eigenvalue weighted by molar-refractivity contribution is 5.96. The first-order chi connectivity index (χ1) is 7.20. The van der Waals surface area contributed by atoms with E-state index in [4.69, 9.17) is 0 Å². The van der Waals surface area contributed by atoms with Crippen molar-refractivity contribution in [2.75, 3.05) is 13.7 Å². The molecule has 0 bridgehead atoms. The zero-order valence-electron chi connectivity index (χ0n) is 9.08. The molecular weight excluding hydrogens is 194 g/mol. The van der Waals surface area contributed by atoms with Crippen LogP contribution in [0, 0.1) is 11.8 Å². The van der Waals surface area contributed by atoms with Crippen molar-refractivity contribution in [3.8, 4) is 11.8 Å². The van der Waals surface area contributed by atoms with E-state index >= 15 is 0 Å². The Morgan fingerprint density at radius 3 is 2.73 bits per heavy atom. The summed E-state index contributed by atoms with van der Waals surface area (Å²) in [5.74, 6) is 4.37. The number of amides is 1. The van der Waals surface area contributed by atoms with Crippen LogP contribution in [0.1, 0.15) is 26.2 Å². The van der Waals surface area contributed by atoms with E-state index in [0.717, 1.165) is 12.8 Å². The number of esters is 1. The zero-order chi connectivity index (χ0) is 11.3. The third-order valence-corrected chi connectivity index (χ3v) is 2.47. The molecule has 0 radical (unpaired) electrons. The third-order valence-electron chi connectivity index (χ3n) is 2.47. The van der Waals surface area contributed by atoms with Crippen LogP contribution in [-0.2, 0) is 14.3 Å². The summed E-state index contributed by atoms with van der Waals surface area (Å²) < 4.78 is 4.67. The number of piperidine rings is 1. The van der Waals surface area contributed by atoms with Crippen molar-refractivity contribution in [2.45, 2.75) is 32.2 Å². The van der Waals surface area contributed by atoms with E-state index in [1.807, 2.05) is 0 Å². The maximum absolute atomic E-state index is 11.6. The standard InChI is InChI=1S/C11H15NO3/c1-3-6-10(13)12-8-5-4-7-9(12)11(14)15-2/h9H,4-5,7-8H2,1-2H3/t9-/m1/s1. The average Bonchev–Trinajstić information content (AvgIpc) is 2.28. The fourth-order valence-corrected chi connectivity index (χ4v) is 1.73. The van der Waals surface area contributed by atoms with Gasteiger partial charge in [-0.15, -0.1) is 0 Å².